The number of aromatic nitrogens is 1. The van der Waals surface area contributed by atoms with E-state index in [0.29, 0.717) is 10.4 Å². The molecular weight excluding hydrogens is 372 g/mol. The molecule has 144 valence electrons. The van der Waals surface area contributed by atoms with Crippen molar-refractivity contribution in [3.63, 3.8) is 0 Å². The van der Waals surface area contributed by atoms with Crippen LogP contribution in [0.5, 0.6) is 0 Å². The Labute approximate surface area is 167 Å². The molecule has 0 atom stereocenters. The zero-order valence-electron chi connectivity index (χ0n) is 16.0. The maximum atomic E-state index is 12.9. The van der Waals surface area contributed by atoms with Gasteiger partial charge in [-0.25, -0.2) is 0 Å². The molecule has 4 rings (SSSR count). The Kier molecular flexibility index (Phi) is 5.13. The minimum Gasteiger partial charge on any atom is -0.468 e. The predicted molar refractivity (Wildman–Crippen MR) is 110 cm³/mol. The lowest BCUT2D eigenvalue weighted by atomic mass is 9.90. The van der Waals surface area contributed by atoms with E-state index in [9.17, 15) is 9.59 Å². The molecule has 0 N–H and O–H groups in total. The van der Waals surface area contributed by atoms with Crippen LogP contribution in [0.2, 0.25) is 0 Å². The summed E-state index contributed by atoms with van der Waals surface area (Å²) in [6.45, 7) is 2.01. The van der Waals surface area contributed by atoms with Crippen LogP contribution < -0.4 is 4.80 Å². The van der Waals surface area contributed by atoms with Crippen molar-refractivity contribution in [3.05, 3.63) is 63.5 Å². The molecule has 2 aromatic carbocycles. The Bertz CT molecular complexity index is 1140. The van der Waals surface area contributed by atoms with E-state index >= 15 is 0 Å². The summed E-state index contributed by atoms with van der Waals surface area (Å²) < 4.78 is 7.60. The van der Waals surface area contributed by atoms with Crippen LogP contribution in [0.4, 0.5) is 0 Å². The van der Waals surface area contributed by atoms with Gasteiger partial charge in [0.25, 0.3) is 5.91 Å². The highest BCUT2D eigenvalue weighted by molar-refractivity contribution is 7.16. The highest BCUT2D eigenvalue weighted by Crippen LogP contribution is 2.23. The predicted octanol–water partition coefficient (Wildman–Crippen LogP) is 3.80. The van der Waals surface area contributed by atoms with Gasteiger partial charge in [-0.05, 0) is 67.5 Å². The van der Waals surface area contributed by atoms with Gasteiger partial charge in [-0.3, -0.25) is 9.59 Å². The quantitative estimate of drug-likeness (QED) is 0.635. The number of nitrogens with zero attached hydrogens (tertiary/aromatic N) is 2. The zero-order valence-corrected chi connectivity index (χ0v) is 16.8. The van der Waals surface area contributed by atoms with Gasteiger partial charge in [0.05, 0.1) is 17.3 Å². The number of hydrogen-bond donors (Lipinski definition) is 0. The minimum atomic E-state index is -0.370. The Morgan fingerprint density at radius 1 is 1.14 bits per heavy atom. The van der Waals surface area contributed by atoms with Gasteiger partial charge in [0, 0.05) is 5.56 Å². The Morgan fingerprint density at radius 3 is 2.71 bits per heavy atom. The Morgan fingerprint density at radius 2 is 1.93 bits per heavy atom. The first kappa shape index (κ1) is 18.6. The molecule has 6 heteroatoms. The van der Waals surface area contributed by atoms with Crippen LogP contribution in [0, 0.1) is 6.92 Å². The lowest BCUT2D eigenvalue weighted by molar-refractivity contribution is -0.141. The zero-order chi connectivity index (χ0) is 19.7. The van der Waals surface area contributed by atoms with Gasteiger partial charge in [-0.1, -0.05) is 29.5 Å². The number of rotatable bonds is 3. The van der Waals surface area contributed by atoms with Crippen molar-refractivity contribution in [2.75, 3.05) is 7.11 Å². The number of aryl methyl sites for hydroxylation is 3. The Hall–Kier alpha value is -2.73. The molecule has 1 amide bonds. The summed E-state index contributed by atoms with van der Waals surface area (Å²) in [6, 6.07) is 11.8. The van der Waals surface area contributed by atoms with Gasteiger partial charge in [0.15, 0.2) is 4.80 Å². The SMILES string of the molecule is COC(=O)Cn1c(=NC(=O)c2ccc3c(c2)CCCC3)sc2cccc(C)c21. The molecule has 0 unspecified atom stereocenters. The third-order valence-corrected chi connectivity index (χ3v) is 6.25. The van der Waals surface area contributed by atoms with Crippen LogP contribution in [0.25, 0.3) is 10.2 Å². The number of methoxy groups -OCH3 is 1. The highest BCUT2D eigenvalue weighted by atomic mass is 32.1. The van der Waals surface area contributed by atoms with Crippen molar-refractivity contribution in [1.29, 1.82) is 0 Å². The standard InChI is InChI=1S/C22H22N2O3S/c1-14-6-5-9-18-20(14)24(13-19(25)27-2)22(28-18)23-21(26)17-11-10-15-7-3-4-8-16(15)12-17/h5-6,9-12H,3-4,7-8,13H2,1-2H3. The number of carbonyl (C=O) groups is 2. The van der Waals surface area contributed by atoms with E-state index in [1.165, 1.54) is 36.0 Å². The molecule has 0 fully saturated rings. The van der Waals surface area contributed by atoms with E-state index in [2.05, 4.69) is 11.1 Å². The van der Waals surface area contributed by atoms with E-state index in [1.807, 2.05) is 37.3 Å². The second kappa shape index (κ2) is 7.72. The molecule has 1 heterocycles. The Balaban J connectivity index is 1.80. The number of thiazole rings is 1. The van der Waals surface area contributed by atoms with Gasteiger partial charge in [0.1, 0.15) is 6.54 Å². The molecule has 0 aliphatic heterocycles. The van der Waals surface area contributed by atoms with Gasteiger partial charge in [-0.2, -0.15) is 4.99 Å². The van der Waals surface area contributed by atoms with Crippen molar-refractivity contribution >= 4 is 33.4 Å². The van der Waals surface area contributed by atoms with Gasteiger partial charge in [-0.15, -0.1) is 0 Å². The van der Waals surface area contributed by atoms with Crippen molar-refractivity contribution in [3.8, 4) is 0 Å². The number of fused-ring (bicyclic) bond motifs is 2. The summed E-state index contributed by atoms with van der Waals surface area (Å²) in [6.07, 6.45) is 4.46. The largest absolute Gasteiger partial charge is 0.468 e. The van der Waals surface area contributed by atoms with Crippen LogP contribution in [0.3, 0.4) is 0 Å². The smallest absolute Gasteiger partial charge is 0.325 e. The molecule has 0 radical (unpaired) electrons. The summed E-state index contributed by atoms with van der Waals surface area (Å²) >= 11 is 1.41. The number of carbonyl (C=O) groups excluding carboxylic acids is 2. The fourth-order valence-electron chi connectivity index (χ4n) is 3.75. The molecule has 5 nitrogen and oxygen atoms in total. The molecule has 1 aliphatic carbocycles. The van der Waals surface area contributed by atoms with Gasteiger partial charge in [0.2, 0.25) is 0 Å². The van der Waals surface area contributed by atoms with Crippen LogP contribution in [0.1, 0.15) is 39.9 Å². The minimum absolute atomic E-state index is 0.0255. The monoisotopic (exact) mass is 394 g/mol. The summed E-state index contributed by atoms with van der Waals surface area (Å²) in [5.74, 6) is -0.651. The van der Waals surface area contributed by atoms with E-state index in [-0.39, 0.29) is 18.4 Å². The number of ether oxygens (including phenoxy) is 1. The first-order valence-electron chi connectivity index (χ1n) is 9.43. The van der Waals surface area contributed by atoms with E-state index in [1.54, 1.807) is 4.57 Å². The summed E-state index contributed by atoms with van der Waals surface area (Å²) in [4.78, 5) is 29.7. The number of esters is 1. The van der Waals surface area contributed by atoms with Crippen molar-refractivity contribution in [2.24, 2.45) is 4.99 Å². The third-order valence-electron chi connectivity index (χ3n) is 5.21. The van der Waals surface area contributed by atoms with E-state index in [0.717, 1.165) is 35.0 Å². The molecule has 1 aliphatic rings. The molecule has 0 spiro atoms. The molecule has 0 saturated heterocycles. The lowest BCUT2D eigenvalue weighted by Crippen LogP contribution is -2.22. The van der Waals surface area contributed by atoms with Crippen molar-refractivity contribution in [2.45, 2.75) is 39.2 Å². The lowest BCUT2D eigenvalue weighted by Gasteiger charge is -2.15. The van der Waals surface area contributed by atoms with Gasteiger partial charge < -0.3 is 9.30 Å². The number of amides is 1. The van der Waals surface area contributed by atoms with Crippen LogP contribution in [-0.2, 0) is 28.9 Å². The average molecular weight is 394 g/mol. The number of para-hydroxylation sites is 1. The number of hydrogen-bond acceptors (Lipinski definition) is 4. The maximum absolute atomic E-state index is 12.9. The molecule has 0 saturated carbocycles. The van der Waals surface area contributed by atoms with E-state index in [4.69, 9.17) is 4.74 Å². The van der Waals surface area contributed by atoms with Crippen LogP contribution in [0.15, 0.2) is 41.4 Å². The molecule has 0 bridgehead atoms. The maximum Gasteiger partial charge on any atom is 0.325 e. The highest BCUT2D eigenvalue weighted by Gasteiger charge is 2.15. The topological polar surface area (TPSA) is 60.7 Å². The first-order valence-corrected chi connectivity index (χ1v) is 10.2. The molecule has 3 aromatic rings. The van der Waals surface area contributed by atoms with Crippen LogP contribution in [-0.4, -0.2) is 23.6 Å². The van der Waals surface area contributed by atoms with Crippen LogP contribution >= 0.6 is 11.3 Å². The molecule has 1 aromatic heterocycles. The van der Waals surface area contributed by atoms with Crippen molar-refractivity contribution in [1.82, 2.24) is 4.57 Å². The fourth-order valence-corrected chi connectivity index (χ4v) is 4.86. The summed E-state index contributed by atoms with van der Waals surface area (Å²) in [7, 11) is 1.36. The average Bonchev–Trinajstić information content (AvgIpc) is 3.05. The van der Waals surface area contributed by atoms with Gasteiger partial charge >= 0.3 is 5.97 Å². The number of benzene rings is 2. The first-order chi connectivity index (χ1) is 13.6. The third kappa shape index (κ3) is 3.52. The summed E-state index contributed by atoms with van der Waals surface area (Å²) in [5, 5.41) is 0. The fraction of sp³-hybridized carbons (Fsp3) is 0.318. The summed E-state index contributed by atoms with van der Waals surface area (Å²) in [5.41, 5.74) is 5.12. The molecule has 28 heavy (non-hydrogen) atoms. The van der Waals surface area contributed by atoms with E-state index < -0.39 is 0 Å². The second-order valence-corrected chi connectivity index (χ2v) is 8.09. The molecular formula is C22H22N2O3S. The van der Waals surface area contributed by atoms with Crippen molar-refractivity contribution < 1.29 is 14.3 Å². The second-order valence-electron chi connectivity index (χ2n) is 7.08. The normalized spacial score (nSPS) is 14.1.